The summed E-state index contributed by atoms with van der Waals surface area (Å²) in [5, 5.41) is 1.29. The van der Waals surface area contributed by atoms with Gasteiger partial charge in [0.15, 0.2) is 0 Å². The summed E-state index contributed by atoms with van der Waals surface area (Å²) >= 11 is 6.88. The lowest BCUT2D eigenvalue weighted by atomic mass is 10.2. The van der Waals surface area contributed by atoms with Crippen LogP contribution in [0.2, 0.25) is 0 Å². The van der Waals surface area contributed by atoms with Crippen LogP contribution < -0.4 is 0 Å². The molecule has 0 unspecified atom stereocenters. The summed E-state index contributed by atoms with van der Waals surface area (Å²) in [5.41, 5.74) is 0. The lowest BCUT2D eigenvalue weighted by Gasteiger charge is -1.84. The fourth-order valence-corrected chi connectivity index (χ4v) is 2.30. The van der Waals surface area contributed by atoms with E-state index in [-0.39, 0.29) is 0 Å². The van der Waals surface area contributed by atoms with E-state index in [1.165, 1.54) is 15.0 Å². The molecule has 0 fully saturated rings. The Bertz CT molecular complexity index is 393. The Kier molecular flexibility index (Phi) is 1.95. The average molecular weight is 192 g/mol. The van der Waals surface area contributed by atoms with Crippen LogP contribution in [0.25, 0.3) is 10.1 Å². The zero-order chi connectivity index (χ0) is 8.55. The van der Waals surface area contributed by atoms with E-state index in [1.54, 1.807) is 11.3 Å². The second kappa shape index (κ2) is 2.96. The lowest BCUT2D eigenvalue weighted by molar-refractivity contribution is 1.84. The molecule has 0 bridgehead atoms. The van der Waals surface area contributed by atoms with Crippen molar-refractivity contribution < 1.29 is 0 Å². The number of rotatable bonds is 1. The number of hydrogen-bond donors (Lipinski definition) is 0. The number of thiophene rings is 1. The van der Waals surface area contributed by atoms with Crippen LogP contribution in [-0.4, -0.2) is 4.86 Å². The summed E-state index contributed by atoms with van der Waals surface area (Å²) in [6.45, 7) is 1.97. The smallest absolute Gasteiger partial charge is 0.0419 e. The maximum Gasteiger partial charge on any atom is 0.0419 e. The zero-order valence-electron chi connectivity index (χ0n) is 6.70. The van der Waals surface area contributed by atoms with Crippen LogP contribution in [0.5, 0.6) is 0 Å². The topological polar surface area (TPSA) is 0 Å². The van der Waals surface area contributed by atoms with Gasteiger partial charge in [-0.2, -0.15) is 0 Å². The molecule has 0 N–H and O–H groups in total. The van der Waals surface area contributed by atoms with Crippen molar-refractivity contribution in [2.24, 2.45) is 0 Å². The molecule has 0 atom stereocenters. The maximum absolute atomic E-state index is 5.11. The molecule has 0 saturated heterocycles. The average Bonchev–Trinajstić information content (AvgIpc) is 2.46. The van der Waals surface area contributed by atoms with Crippen LogP contribution >= 0.6 is 23.6 Å². The van der Waals surface area contributed by atoms with E-state index in [4.69, 9.17) is 12.2 Å². The molecule has 0 saturated carbocycles. The molecule has 0 radical (unpaired) electrons. The predicted octanol–water partition coefficient (Wildman–Crippen LogP) is 3.64. The first-order chi connectivity index (χ1) is 5.77. The van der Waals surface area contributed by atoms with Crippen LogP contribution in [0.1, 0.15) is 11.8 Å². The molecule has 12 heavy (non-hydrogen) atoms. The molecule has 60 valence electrons. The second-order valence-electron chi connectivity index (χ2n) is 2.70. The minimum absolute atomic E-state index is 0.983. The first-order valence-electron chi connectivity index (χ1n) is 3.77. The molecule has 1 aromatic heterocycles. The van der Waals surface area contributed by atoms with Crippen molar-refractivity contribution in [1.29, 1.82) is 0 Å². The van der Waals surface area contributed by atoms with Gasteiger partial charge in [-0.1, -0.05) is 30.4 Å². The van der Waals surface area contributed by atoms with Crippen molar-refractivity contribution in [1.82, 2.24) is 0 Å². The van der Waals surface area contributed by atoms with Gasteiger partial charge in [-0.05, 0) is 24.4 Å². The molecule has 0 aliphatic heterocycles. The molecule has 2 aromatic rings. The number of hydrogen-bond acceptors (Lipinski definition) is 2. The largest absolute Gasteiger partial charge is 0.135 e. The van der Waals surface area contributed by atoms with Crippen molar-refractivity contribution in [2.45, 2.75) is 6.92 Å². The van der Waals surface area contributed by atoms with E-state index in [0.717, 1.165) is 4.86 Å². The van der Waals surface area contributed by atoms with Crippen LogP contribution in [0.3, 0.4) is 0 Å². The molecular formula is C10H8S2. The highest BCUT2D eigenvalue weighted by atomic mass is 32.1. The third kappa shape index (κ3) is 1.28. The van der Waals surface area contributed by atoms with Gasteiger partial charge in [0.25, 0.3) is 0 Å². The zero-order valence-corrected chi connectivity index (χ0v) is 8.34. The van der Waals surface area contributed by atoms with E-state index in [0.29, 0.717) is 0 Å². The normalized spacial score (nSPS) is 10.4. The Hall–Kier alpha value is -0.730. The fourth-order valence-electron chi connectivity index (χ4n) is 1.16. The minimum atomic E-state index is 0.983. The highest BCUT2D eigenvalue weighted by Gasteiger charge is 2.00. The summed E-state index contributed by atoms with van der Waals surface area (Å²) in [7, 11) is 0. The summed E-state index contributed by atoms with van der Waals surface area (Å²) < 4.78 is 1.32. The van der Waals surface area contributed by atoms with Gasteiger partial charge in [-0.15, -0.1) is 11.3 Å². The Balaban J connectivity index is 2.70. The van der Waals surface area contributed by atoms with Crippen LogP contribution in [0.4, 0.5) is 0 Å². The Labute approximate surface area is 80.8 Å². The van der Waals surface area contributed by atoms with Crippen molar-refractivity contribution >= 4 is 38.5 Å². The number of benzene rings is 1. The molecule has 0 aliphatic rings. The molecule has 1 aromatic carbocycles. The predicted molar refractivity (Wildman–Crippen MR) is 59.2 cm³/mol. The third-order valence-electron chi connectivity index (χ3n) is 1.77. The van der Waals surface area contributed by atoms with E-state index in [1.807, 2.05) is 6.92 Å². The first kappa shape index (κ1) is 7.90. The van der Waals surface area contributed by atoms with E-state index < -0.39 is 0 Å². The van der Waals surface area contributed by atoms with Crippen molar-refractivity contribution in [2.75, 3.05) is 0 Å². The third-order valence-corrected chi connectivity index (χ3v) is 3.36. The molecule has 2 rings (SSSR count). The van der Waals surface area contributed by atoms with E-state index >= 15 is 0 Å². The quantitative estimate of drug-likeness (QED) is 0.491. The lowest BCUT2D eigenvalue weighted by Crippen LogP contribution is -1.80. The van der Waals surface area contributed by atoms with Gasteiger partial charge in [0.2, 0.25) is 0 Å². The number of thiocarbonyl (C=S) groups is 1. The summed E-state index contributed by atoms with van der Waals surface area (Å²) in [6.07, 6.45) is 0. The van der Waals surface area contributed by atoms with E-state index in [9.17, 15) is 0 Å². The highest BCUT2D eigenvalue weighted by molar-refractivity contribution is 7.81. The molecule has 0 amide bonds. The summed E-state index contributed by atoms with van der Waals surface area (Å²) in [5.74, 6) is 0. The minimum Gasteiger partial charge on any atom is -0.135 e. The molecule has 0 nitrogen and oxygen atoms in total. The van der Waals surface area contributed by atoms with Gasteiger partial charge >= 0.3 is 0 Å². The van der Waals surface area contributed by atoms with Crippen LogP contribution in [0.15, 0.2) is 30.3 Å². The second-order valence-corrected chi connectivity index (χ2v) is 4.40. The number of fused-ring (bicyclic) bond motifs is 1. The standard InChI is InChI=1S/C10H8S2/c1-7(11)10-6-8-4-2-3-5-9(8)12-10/h2-6H,1H3. The summed E-state index contributed by atoms with van der Waals surface area (Å²) in [6, 6.07) is 10.5. The molecule has 0 spiro atoms. The maximum atomic E-state index is 5.11. The highest BCUT2D eigenvalue weighted by Crippen LogP contribution is 2.25. The monoisotopic (exact) mass is 192 g/mol. The Morgan fingerprint density at radius 2 is 2.08 bits per heavy atom. The van der Waals surface area contributed by atoms with Crippen LogP contribution in [-0.2, 0) is 0 Å². The molecule has 1 heterocycles. The SMILES string of the molecule is CC(=S)c1cc2ccccc2s1. The fraction of sp³-hybridized carbons (Fsp3) is 0.100. The van der Waals surface area contributed by atoms with Gasteiger partial charge < -0.3 is 0 Å². The molecule has 0 aliphatic carbocycles. The van der Waals surface area contributed by atoms with Crippen molar-refractivity contribution in [3.8, 4) is 0 Å². The van der Waals surface area contributed by atoms with Gasteiger partial charge in [-0.3, -0.25) is 0 Å². The molecular weight excluding hydrogens is 184 g/mol. The first-order valence-corrected chi connectivity index (χ1v) is 4.99. The molecule has 2 heteroatoms. The van der Waals surface area contributed by atoms with Gasteiger partial charge in [-0.25, -0.2) is 0 Å². The van der Waals surface area contributed by atoms with Crippen molar-refractivity contribution in [3.63, 3.8) is 0 Å². The summed E-state index contributed by atoms with van der Waals surface area (Å²) in [4.78, 5) is 2.20. The Morgan fingerprint density at radius 3 is 2.75 bits per heavy atom. The Morgan fingerprint density at radius 1 is 1.33 bits per heavy atom. The van der Waals surface area contributed by atoms with E-state index in [2.05, 4.69) is 30.3 Å². The van der Waals surface area contributed by atoms with Crippen LogP contribution in [0, 0.1) is 0 Å². The van der Waals surface area contributed by atoms with Gasteiger partial charge in [0.05, 0.1) is 0 Å². The van der Waals surface area contributed by atoms with Gasteiger partial charge in [0, 0.05) is 14.4 Å². The van der Waals surface area contributed by atoms with Crippen molar-refractivity contribution in [3.05, 3.63) is 35.2 Å². The van der Waals surface area contributed by atoms with Gasteiger partial charge in [0.1, 0.15) is 0 Å².